The highest BCUT2D eigenvalue weighted by Crippen LogP contribution is 2.16. The molecular weight excluding hydrogens is 234 g/mol. The van der Waals surface area contributed by atoms with E-state index in [4.69, 9.17) is 15.0 Å². The number of aryl methyl sites for hydroxylation is 1. The number of aromatic nitrogens is 4. The average Bonchev–Trinajstić information content (AvgIpc) is 2.88. The van der Waals surface area contributed by atoms with Crippen LogP contribution in [0.5, 0.6) is 5.88 Å². The number of unbranched alkanes of at least 4 members (excludes halogenated alkanes) is 1. The molecule has 96 valence electrons. The summed E-state index contributed by atoms with van der Waals surface area (Å²) in [4.78, 5) is 12.3. The SMILES string of the molecule is COc1cc(-c2noc(CCCCN)n2)ncn1. The first kappa shape index (κ1) is 12.4. The number of hydrogen-bond acceptors (Lipinski definition) is 7. The smallest absolute Gasteiger partial charge is 0.227 e. The van der Waals surface area contributed by atoms with Crippen LogP contribution in [0.2, 0.25) is 0 Å². The molecule has 0 radical (unpaired) electrons. The normalized spacial score (nSPS) is 10.6. The maximum atomic E-state index is 5.42. The monoisotopic (exact) mass is 249 g/mol. The summed E-state index contributed by atoms with van der Waals surface area (Å²) in [6.07, 6.45) is 4.01. The van der Waals surface area contributed by atoms with Crippen molar-refractivity contribution in [3.05, 3.63) is 18.3 Å². The Balaban J connectivity index is 2.08. The Morgan fingerprint density at radius 2 is 2.22 bits per heavy atom. The first-order chi connectivity index (χ1) is 8.83. The molecule has 0 aliphatic carbocycles. The quantitative estimate of drug-likeness (QED) is 0.756. The molecule has 0 aliphatic heterocycles. The fourth-order valence-corrected chi connectivity index (χ4v) is 1.45. The van der Waals surface area contributed by atoms with Crippen LogP contribution in [0, 0.1) is 0 Å². The van der Waals surface area contributed by atoms with Crippen LogP contribution in [0.15, 0.2) is 16.9 Å². The Labute approximate surface area is 104 Å². The summed E-state index contributed by atoms with van der Waals surface area (Å²) >= 11 is 0. The maximum absolute atomic E-state index is 5.42. The molecule has 7 nitrogen and oxygen atoms in total. The Hall–Kier alpha value is -2.02. The van der Waals surface area contributed by atoms with Gasteiger partial charge in [0.05, 0.1) is 7.11 Å². The number of nitrogens with zero attached hydrogens (tertiary/aromatic N) is 4. The highest BCUT2D eigenvalue weighted by atomic mass is 16.5. The van der Waals surface area contributed by atoms with Gasteiger partial charge < -0.3 is 15.0 Å². The van der Waals surface area contributed by atoms with Crippen molar-refractivity contribution in [2.75, 3.05) is 13.7 Å². The second-order valence-electron chi connectivity index (χ2n) is 3.70. The number of ether oxygens (including phenoxy) is 1. The third-order valence-corrected chi connectivity index (χ3v) is 2.39. The molecule has 2 rings (SSSR count). The predicted octanol–water partition coefficient (Wildman–Crippen LogP) is 0.817. The standard InChI is InChI=1S/C11H15N5O2/c1-17-10-6-8(13-7-14-10)11-15-9(18-16-11)4-2-3-5-12/h6-7H,2-5,12H2,1H3. The summed E-state index contributed by atoms with van der Waals surface area (Å²) in [5, 5.41) is 3.88. The minimum atomic E-state index is 0.443. The van der Waals surface area contributed by atoms with Crippen molar-refractivity contribution < 1.29 is 9.26 Å². The largest absolute Gasteiger partial charge is 0.481 e. The number of rotatable bonds is 6. The van der Waals surface area contributed by atoms with Gasteiger partial charge in [-0.1, -0.05) is 5.16 Å². The van der Waals surface area contributed by atoms with Crippen LogP contribution in [0.1, 0.15) is 18.7 Å². The molecule has 0 atom stereocenters. The van der Waals surface area contributed by atoms with Gasteiger partial charge in [0, 0.05) is 12.5 Å². The third kappa shape index (κ3) is 3.01. The van der Waals surface area contributed by atoms with Gasteiger partial charge in [-0.15, -0.1) is 0 Å². The summed E-state index contributed by atoms with van der Waals surface area (Å²) in [5.74, 6) is 1.50. The summed E-state index contributed by atoms with van der Waals surface area (Å²) in [7, 11) is 1.54. The predicted molar refractivity (Wildman–Crippen MR) is 63.9 cm³/mol. The Kier molecular flexibility index (Phi) is 4.19. The number of hydrogen-bond donors (Lipinski definition) is 1. The average molecular weight is 249 g/mol. The first-order valence-corrected chi connectivity index (χ1v) is 5.72. The van der Waals surface area contributed by atoms with Crippen molar-refractivity contribution >= 4 is 0 Å². The molecule has 0 bridgehead atoms. The lowest BCUT2D eigenvalue weighted by molar-refractivity contribution is 0.375. The minimum Gasteiger partial charge on any atom is -0.481 e. The molecule has 0 unspecified atom stereocenters. The van der Waals surface area contributed by atoms with Gasteiger partial charge in [0.15, 0.2) is 0 Å². The van der Waals surface area contributed by atoms with Crippen molar-refractivity contribution in [3.63, 3.8) is 0 Å². The van der Waals surface area contributed by atoms with Crippen LogP contribution in [0.4, 0.5) is 0 Å². The summed E-state index contributed by atoms with van der Waals surface area (Å²) < 4.78 is 10.1. The zero-order chi connectivity index (χ0) is 12.8. The van der Waals surface area contributed by atoms with E-state index in [1.807, 2.05) is 0 Å². The molecule has 2 heterocycles. The second-order valence-corrected chi connectivity index (χ2v) is 3.70. The van der Waals surface area contributed by atoms with Crippen LogP contribution >= 0.6 is 0 Å². The summed E-state index contributed by atoms with van der Waals surface area (Å²) in [6.45, 7) is 0.671. The molecule has 0 saturated heterocycles. The molecule has 0 aliphatic rings. The van der Waals surface area contributed by atoms with Gasteiger partial charge in [0.2, 0.25) is 17.6 Å². The van der Waals surface area contributed by atoms with E-state index < -0.39 is 0 Å². The van der Waals surface area contributed by atoms with Crippen molar-refractivity contribution in [2.45, 2.75) is 19.3 Å². The second kappa shape index (κ2) is 6.06. The van der Waals surface area contributed by atoms with Crippen LogP contribution in [0.3, 0.4) is 0 Å². The Bertz CT molecular complexity index is 500. The van der Waals surface area contributed by atoms with E-state index in [-0.39, 0.29) is 0 Å². The van der Waals surface area contributed by atoms with Gasteiger partial charge in [-0.25, -0.2) is 9.97 Å². The molecular formula is C11H15N5O2. The van der Waals surface area contributed by atoms with E-state index >= 15 is 0 Å². The van der Waals surface area contributed by atoms with Crippen molar-refractivity contribution in [1.82, 2.24) is 20.1 Å². The van der Waals surface area contributed by atoms with Crippen molar-refractivity contribution in [1.29, 1.82) is 0 Å². The Morgan fingerprint density at radius 3 is 3.00 bits per heavy atom. The van der Waals surface area contributed by atoms with Gasteiger partial charge in [-0.3, -0.25) is 0 Å². The molecule has 0 saturated carbocycles. The molecule has 2 aromatic rings. The molecule has 0 amide bonds. The van der Waals surface area contributed by atoms with E-state index in [0.717, 1.165) is 19.3 Å². The molecule has 2 N–H and O–H groups in total. The lowest BCUT2D eigenvalue weighted by Crippen LogP contribution is -1.99. The molecule has 7 heteroatoms. The molecule has 0 fully saturated rings. The van der Waals surface area contributed by atoms with Crippen LogP contribution in [-0.2, 0) is 6.42 Å². The summed E-state index contributed by atoms with van der Waals surface area (Å²) in [6, 6.07) is 1.66. The fraction of sp³-hybridized carbons (Fsp3) is 0.455. The first-order valence-electron chi connectivity index (χ1n) is 5.72. The zero-order valence-electron chi connectivity index (χ0n) is 10.2. The number of methoxy groups -OCH3 is 1. The van der Waals surface area contributed by atoms with Gasteiger partial charge in [-0.2, -0.15) is 4.98 Å². The van der Waals surface area contributed by atoms with E-state index in [0.29, 0.717) is 29.8 Å². The van der Waals surface area contributed by atoms with Crippen molar-refractivity contribution in [3.8, 4) is 17.4 Å². The van der Waals surface area contributed by atoms with Crippen LogP contribution in [-0.4, -0.2) is 33.8 Å². The molecule has 2 aromatic heterocycles. The van der Waals surface area contributed by atoms with Crippen LogP contribution in [0.25, 0.3) is 11.5 Å². The van der Waals surface area contributed by atoms with Gasteiger partial charge in [-0.05, 0) is 19.4 Å². The topological polar surface area (TPSA) is 100.0 Å². The van der Waals surface area contributed by atoms with E-state index in [2.05, 4.69) is 20.1 Å². The third-order valence-electron chi connectivity index (χ3n) is 2.39. The van der Waals surface area contributed by atoms with Crippen LogP contribution < -0.4 is 10.5 Å². The molecule has 0 aromatic carbocycles. The molecule has 18 heavy (non-hydrogen) atoms. The summed E-state index contributed by atoms with van der Waals surface area (Å²) in [5.41, 5.74) is 6.00. The minimum absolute atomic E-state index is 0.443. The van der Waals surface area contributed by atoms with Gasteiger partial charge in [0.1, 0.15) is 12.0 Å². The van der Waals surface area contributed by atoms with Gasteiger partial charge >= 0.3 is 0 Å². The lowest BCUT2D eigenvalue weighted by atomic mass is 10.2. The molecule has 0 spiro atoms. The van der Waals surface area contributed by atoms with Gasteiger partial charge in [0.25, 0.3) is 0 Å². The zero-order valence-corrected chi connectivity index (χ0v) is 10.2. The number of nitrogens with two attached hydrogens (primary N) is 1. The highest BCUT2D eigenvalue weighted by Gasteiger charge is 2.10. The van der Waals surface area contributed by atoms with E-state index in [1.165, 1.54) is 6.33 Å². The van der Waals surface area contributed by atoms with E-state index in [9.17, 15) is 0 Å². The maximum Gasteiger partial charge on any atom is 0.227 e. The highest BCUT2D eigenvalue weighted by molar-refractivity contribution is 5.48. The lowest BCUT2D eigenvalue weighted by Gasteiger charge is -1.97. The fourth-order valence-electron chi connectivity index (χ4n) is 1.45. The van der Waals surface area contributed by atoms with E-state index in [1.54, 1.807) is 13.2 Å². The Morgan fingerprint density at radius 1 is 1.33 bits per heavy atom. The van der Waals surface area contributed by atoms with Crippen molar-refractivity contribution in [2.24, 2.45) is 5.73 Å².